The van der Waals surface area contributed by atoms with Gasteiger partial charge in [-0.2, -0.15) is 0 Å². The lowest BCUT2D eigenvalue weighted by atomic mass is 10.1. The van der Waals surface area contributed by atoms with Gasteiger partial charge in [0.1, 0.15) is 6.04 Å². The number of ether oxygens (including phenoxy) is 1. The highest BCUT2D eigenvalue weighted by atomic mass is 35.5. The van der Waals surface area contributed by atoms with Gasteiger partial charge < -0.3 is 9.84 Å². The second-order valence-corrected chi connectivity index (χ2v) is 4.16. The Morgan fingerprint density at radius 1 is 1.53 bits per heavy atom. The minimum atomic E-state index is -0.939. The Bertz CT molecular complexity index is 384. The molecule has 94 valence electrons. The van der Waals surface area contributed by atoms with Crippen LogP contribution in [0.5, 0.6) is 0 Å². The molecule has 0 aliphatic heterocycles. The Kier molecular flexibility index (Phi) is 5.41. The monoisotopic (exact) mass is 257 g/mol. The molecule has 4 nitrogen and oxygen atoms in total. The number of rotatable bonds is 6. The molecule has 0 aliphatic carbocycles. The fraction of sp³-hybridized carbons (Fsp3) is 0.417. The summed E-state index contributed by atoms with van der Waals surface area (Å²) in [5.41, 5.74) is 0.872. The maximum absolute atomic E-state index is 11.0. The smallest absolute Gasteiger partial charge is 0.323 e. The SMILES string of the molecule is COCC(N[C@H](C)c1ccccc1Cl)C(=O)O. The molecule has 0 bridgehead atoms. The zero-order valence-electron chi connectivity index (χ0n) is 9.81. The molecule has 17 heavy (non-hydrogen) atoms. The highest BCUT2D eigenvalue weighted by Gasteiger charge is 2.20. The number of methoxy groups -OCH3 is 1. The summed E-state index contributed by atoms with van der Waals surface area (Å²) in [7, 11) is 1.47. The molecule has 0 amide bonds. The van der Waals surface area contributed by atoms with E-state index in [9.17, 15) is 4.79 Å². The van der Waals surface area contributed by atoms with Gasteiger partial charge in [0, 0.05) is 18.2 Å². The fourth-order valence-corrected chi connectivity index (χ4v) is 1.87. The van der Waals surface area contributed by atoms with Crippen LogP contribution in [0.4, 0.5) is 0 Å². The van der Waals surface area contributed by atoms with Gasteiger partial charge in [0.05, 0.1) is 6.61 Å². The van der Waals surface area contributed by atoms with E-state index in [1.165, 1.54) is 7.11 Å². The lowest BCUT2D eigenvalue weighted by Gasteiger charge is -2.20. The van der Waals surface area contributed by atoms with Crippen LogP contribution in [-0.2, 0) is 9.53 Å². The first-order chi connectivity index (χ1) is 8.06. The maximum Gasteiger partial charge on any atom is 0.323 e. The van der Waals surface area contributed by atoms with E-state index in [-0.39, 0.29) is 12.6 Å². The lowest BCUT2D eigenvalue weighted by Crippen LogP contribution is -2.41. The number of halogens is 1. The summed E-state index contributed by atoms with van der Waals surface area (Å²) in [6.45, 7) is 1.98. The van der Waals surface area contributed by atoms with Gasteiger partial charge in [-0.05, 0) is 18.6 Å². The number of carbonyl (C=O) groups is 1. The topological polar surface area (TPSA) is 58.6 Å². The first kappa shape index (κ1) is 14.0. The molecule has 0 heterocycles. The molecule has 5 heteroatoms. The number of carboxylic acids is 1. The molecule has 2 atom stereocenters. The molecule has 2 N–H and O–H groups in total. The first-order valence-electron chi connectivity index (χ1n) is 5.28. The van der Waals surface area contributed by atoms with Gasteiger partial charge in [0.15, 0.2) is 0 Å². The second-order valence-electron chi connectivity index (χ2n) is 3.76. The van der Waals surface area contributed by atoms with Crippen LogP contribution in [0.15, 0.2) is 24.3 Å². The van der Waals surface area contributed by atoms with E-state index >= 15 is 0 Å². The zero-order chi connectivity index (χ0) is 12.8. The standard InChI is InChI=1S/C12H16ClNO3/c1-8(9-5-3-4-6-10(9)13)14-11(7-17-2)12(15)16/h3-6,8,11,14H,7H2,1-2H3,(H,15,16)/t8-,11?/m1/s1. The summed E-state index contributed by atoms with van der Waals surface area (Å²) < 4.78 is 4.86. The predicted octanol–water partition coefficient (Wildman–Crippen LogP) is 2.09. The Morgan fingerprint density at radius 3 is 2.71 bits per heavy atom. The Morgan fingerprint density at radius 2 is 2.18 bits per heavy atom. The number of carboxylic acid groups (broad SMARTS) is 1. The van der Waals surface area contributed by atoms with Crippen molar-refractivity contribution in [3.63, 3.8) is 0 Å². The predicted molar refractivity (Wildman–Crippen MR) is 66.3 cm³/mol. The number of benzene rings is 1. The summed E-state index contributed by atoms with van der Waals surface area (Å²) in [4.78, 5) is 11.0. The molecule has 0 aliphatic rings. The van der Waals surface area contributed by atoms with E-state index in [0.717, 1.165) is 5.56 Å². The average Bonchev–Trinajstić information content (AvgIpc) is 2.28. The summed E-state index contributed by atoms with van der Waals surface area (Å²) in [6.07, 6.45) is 0. The van der Waals surface area contributed by atoms with Crippen molar-refractivity contribution in [1.82, 2.24) is 5.32 Å². The molecule has 0 fully saturated rings. The summed E-state index contributed by atoms with van der Waals surface area (Å²) in [5.74, 6) is -0.939. The van der Waals surface area contributed by atoms with Crippen molar-refractivity contribution in [3.8, 4) is 0 Å². The molecular weight excluding hydrogens is 242 g/mol. The van der Waals surface area contributed by atoms with Crippen molar-refractivity contribution in [1.29, 1.82) is 0 Å². The molecule has 1 aromatic carbocycles. The molecule has 0 radical (unpaired) electrons. The van der Waals surface area contributed by atoms with E-state index in [0.29, 0.717) is 5.02 Å². The Balaban J connectivity index is 2.73. The minimum absolute atomic E-state index is 0.115. The molecule has 1 unspecified atom stereocenters. The summed E-state index contributed by atoms with van der Waals surface area (Å²) in [5, 5.41) is 12.6. The van der Waals surface area contributed by atoms with Crippen LogP contribution in [0, 0.1) is 0 Å². The molecule has 1 rings (SSSR count). The van der Waals surface area contributed by atoms with Gasteiger partial charge in [-0.25, -0.2) is 0 Å². The zero-order valence-corrected chi connectivity index (χ0v) is 10.6. The van der Waals surface area contributed by atoms with Crippen molar-refractivity contribution < 1.29 is 14.6 Å². The maximum atomic E-state index is 11.0. The molecule has 0 aromatic heterocycles. The van der Waals surface area contributed by atoms with E-state index in [2.05, 4.69) is 5.32 Å². The van der Waals surface area contributed by atoms with Crippen LogP contribution in [0.1, 0.15) is 18.5 Å². The summed E-state index contributed by atoms with van der Waals surface area (Å²) in [6, 6.07) is 6.45. The number of aliphatic carboxylic acids is 1. The fourth-order valence-electron chi connectivity index (χ4n) is 1.58. The molecule has 0 saturated heterocycles. The van der Waals surface area contributed by atoms with Crippen molar-refractivity contribution >= 4 is 17.6 Å². The third kappa shape index (κ3) is 4.00. The Labute approximate surface area is 106 Å². The molecule has 0 spiro atoms. The van der Waals surface area contributed by atoms with Gasteiger partial charge in [-0.15, -0.1) is 0 Å². The Hall–Kier alpha value is -1.10. The molecule has 1 aromatic rings. The van der Waals surface area contributed by atoms with Gasteiger partial charge in [0.2, 0.25) is 0 Å². The minimum Gasteiger partial charge on any atom is -0.480 e. The lowest BCUT2D eigenvalue weighted by molar-refractivity contribution is -0.141. The molecule has 0 saturated carbocycles. The highest BCUT2D eigenvalue weighted by molar-refractivity contribution is 6.31. The van der Waals surface area contributed by atoms with Crippen molar-refractivity contribution in [2.24, 2.45) is 0 Å². The van der Waals surface area contributed by atoms with E-state index in [4.69, 9.17) is 21.4 Å². The highest BCUT2D eigenvalue weighted by Crippen LogP contribution is 2.22. The van der Waals surface area contributed by atoms with Crippen LogP contribution in [-0.4, -0.2) is 30.8 Å². The van der Waals surface area contributed by atoms with Crippen molar-refractivity contribution in [2.75, 3.05) is 13.7 Å². The van der Waals surface area contributed by atoms with Crippen LogP contribution in [0.25, 0.3) is 0 Å². The quantitative estimate of drug-likeness (QED) is 0.819. The third-order valence-electron chi connectivity index (χ3n) is 2.45. The van der Waals surface area contributed by atoms with Gasteiger partial charge >= 0.3 is 5.97 Å². The van der Waals surface area contributed by atoms with Crippen LogP contribution < -0.4 is 5.32 Å². The van der Waals surface area contributed by atoms with E-state index in [1.54, 1.807) is 6.07 Å². The number of hydrogen-bond acceptors (Lipinski definition) is 3. The van der Waals surface area contributed by atoms with E-state index in [1.807, 2.05) is 25.1 Å². The van der Waals surface area contributed by atoms with Gasteiger partial charge in [-0.1, -0.05) is 29.8 Å². The van der Waals surface area contributed by atoms with E-state index < -0.39 is 12.0 Å². The molecular formula is C12H16ClNO3. The summed E-state index contributed by atoms with van der Waals surface area (Å²) >= 11 is 6.04. The van der Waals surface area contributed by atoms with Crippen molar-refractivity contribution in [3.05, 3.63) is 34.9 Å². The average molecular weight is 258 g/mol. The van der Waals surface area contributed by atoms with Gasteiger partial charge in [0.25, 0.3) is 0 Å². The van der Waals surface area contributed by atoms with Crippen LogP contribution >= 0.6 is 11.6 Å². The first-order valence-corrected chi connectivity index (χ1v) is 5.66. The van der Waals surface area contributed by atoms with Crippen LogP contribution in [0.2, 0.25) is 5.02 Å². The largest absolute Gasteiger partial charge is 0.480 e. The normalized spacial score (nSPS) is 14.3. The van der Waals surface area contributed by atoms with Crippen molar-refractivity contribution in [2.45, 2.75) is 19.0 Å². The second kappa shape index (κ2) is 6.59. The van der Waals surface area contributed by atoms with Crippen LogP contribution in [0.3, 0.4) is 0 Å². The van der Waals surface area contributed by atoms with Gasteiger partial charge in [-0.3, -0.25) is 10.1 Å². The number of nitrogens with one attached hydrogen (secondary N) is 1. The number of hydrogen-bond donors (Lipinski definition) is 2. The third-order valence-corrected chi connectivity index (χ3v) is 2.80.